The molecule has 3 aromatic carbocycles. The summed E-state index contributed by atoms with van der Waals surface area (Å²) < 4.78 is 0. The third-order valence-corrected chi connectivity index (χ3v) is 6.36. The van der Waals surface area contributed by atoms with E-state index < -0.39 is 0 Å². The molecule has 1 nitrogen and oxygen atoms in total. The van der Waals surface area contributed by atoms with Crippen molar-refractivity contribution >= 4 is 22.7 Å². The molecule has 1 atom stereocenters. The van der Waals surface area contributed by atoms with E-state index in [-0.39, 0.29) is 0 Å². The molecule has 1 unspecified atom stereocenters. The summed E-state index contributed by atoms with van der Waals surface area (Å²) in [6.45, 7) is 13.1. The topological polar surface area (TPSA) is 12.4 Å². The van der Waals surface area contributed by atoms with Gasteiger partial charge in [0, 0.05) is 17.7 Å². The zero-order chi connectivity index (χ0) is 20.7. The van der Waals surface area contributed by atoms with Gasteiger partial charge in [-0.3, -0.25) is 4.99 Å². The van der Waals surface area contributed by atoms with E-state index in [0.29, 0.717) is 5.92 Å². The van der Waals surface area contributed by atoms with E-state index in [9.17, 15) is 0 Å². The van der Waals surface area contributed by atoms with E-state index in [0.717, 1.165) is 5.69 Å². The van der Waals surface area contributed by atoms with E-state index >= 15 is 0 Å². The Morgan fingerprint density at radius 1 is 0.828 bits per heavy atom. The second kappa shape index (κ2) is 7.48. The second-order valence-electron chi connectivity index (χ2n) is 8.43. The minimum absolute atomic E-state index is 0.321. The fourth-order valence-corrected chi connectivity index (χ4v) is 4.60. The van der Waals surface area contributed by atoms with E-state index in [1.54, 1.807) is 0 Å². The van der Waals surface area contributed by atoms with Crippen LogP contribution in [0.4, 0.5) is 5.69 Å². The minimum atomic E-state index is 0.321. The van der Waals surface area contributed by atoms with Gasteiger partial charge in [0.25, 0.3) is 0 Å². The predicted octanol–water partition coefficient (Wildman–Crippen LogP) is 7.90. The van der Waals surface area contributed by atoms with Gasteiger partial charge in [-0.15, -0.1) is 0 Å². The Kier molecular flexibility index (Phi) is 5.00. The molecular formula is C28H29N. The first kappa shape index (κ1) is 19.4. The summed E-state index contributed by atoms with van der Waals surface area (Å²) in [4.78, 5) is 5.00. The van der Waals surface area contributed by atoms with Crippen molar-refractivity contribution in [3.05, 3.63) is 99.1 Å². The van der Waals surface area contributed by atoms with Crippen molar-refractivity contribution in [2.24, 2.45) is 4.99 Å². The van der Waals surface area contributed by atoms with Crippen molar-refractivity contribution in [3.63, 3.8) is 0 Å². The molecule has 0 bridgehead atoms. The molecule has 0 aliphatic heterocycles. The first-order chi connectivity index (χ1) is 13.9. The number of hydrogen-bond acceptors (Lipinski definition) is 1. The van der Waals surface area contributed by atoms with Crippen LogP contribution in [0.1, 0.15) is 54.5 Å². The third kappa shape index (κ3) is 3.46. The standard InChI is InChI=1S/C28H29N/c1-17-13-19(3)28(20(4)14-17)29-16-27-24-10-8-7-9-23(24)11-12-25(27)26-15-18(2)21(5)22(26)6/h7-16,26H,1-6H3. The van der Waals surface area contributed by atoms with Crippen LogP contribution in [-0.2, 0) is 0 Å². The Morgan fingerprint density at radius 3 is 2.17 bits per heavy atom. The van der Waals surface area contributed by atoms with Gasteiger partial charge in [-0.1, -0.05) is 71.3 Å². The van der Waals surface area contributed by atoms with E-state index in [1.807, 2.05) is 0 Å². The van der Waals surface area contributed by atoms with E-state index in [2.05, 4.69) is 102 Å². The SMILES string of the molecule is CC1=CC(c2ccc3ccccc3c2C=Nc2c(C)cc(C)cc2C)C(C)=C1C. The molecule has 0 fully saturated rings. The maximum Gasteiger partial charge on any atom is 0.0688 e. The maximum atomic E-state index is 5.00. The van der Waals surface area contributed by atoms with Gasteiger partial charge in [-0.2, -0.15) is 0 Å². The van der Waals surface area contributed by atoms with Crippen molar-refractivity contribution in [2.45, 2.75) is 47.5 Å². The summed E-state index contributed by atoms with van der Waals surface area (Å²) >= 11 is 0. The molecule has 1 heteroatoms. The molecule has 0 saturated carbocycles. The predicted molar refractivity (Wildman–Crippen MR) is 127 cm³/mol. The molecule has 3 aromatic rings. The van der Waals surface area contributed by atoms with Gasteiger partial charge in [-0.25, -0.2) is 0 Å². The van der Waals surface area contributed by atoms with Gasteiger partial charge in [0.15, 0.2) is 0 Å². The highest BCUT2D eigenvalue weighted by Crippen LogP contribution is 2.40. The average molecular weight is 380 g/mol. The van der Waals surface area contributed by atoms with Crippen LogP contribution in [0.2, 0.25) is 0 Å². The Hall–Kier alpha value is -2.93. The first-order valence-electron chi connectivity index (χ1n) is 10.4. The quantitative estimate of drug-likeness (QED) is 0.410. The van der Waals surface area contributed by atoms with Crippen molar-refractivity contribution in [3.8, 4) is 0 Å². The van der Waals surface area contributed by atoms with Crippen molar-refractivity contribution < 1.29 is 0 Å². The molecule has 0 amide bonds. The van der Waals surface area contributed by atoms with Crippen LogP contribution >= 0.6 is 0 Å². The van der Waals surface area contributed by atoms with Crippen LogP contribution in [-0.4, -0.2) is 6.21 Å². The Labute approximate surface area is 174 Å². The summed E-state index contributed by atoms with van der Waals surface area (Å²) in [6.07, 6.45) is 4.49. The zero-order valence-electron chi connectivity index (χ0n) is 18.3. The van der Waals surface area contributed by atoms with Crippen molar-refractivity contribution in [1.29, 1.82) is 0 Å². The lowest BCUT2D eigenvalue weighted by atomic mass is 9.87. The number of rotatable bonds is 3. The molecule has 0 aromatic heterocycles. The summed E-state index contributed by atoms with van der Waals surface area (Å²) in [5.41, 5.74) is 11.6. The van der Waals surface area contributed by atoms with Crippen LogP contribution in [0.25, 0.3) is 10.8 Å². The minimum Gasteiger partial charge on any atom is -0.256 e. The Balaban J connectivity index is 1.92. The molecule has 0 radical (unpaired) electrons. The highest BCUT2D eigenvalue weighted by molar-refractivity contribution is 6.02. The fourth-order valence-electron chi connectivity index (χ4n) is 4.60. The van der Waals surface area contributed by atoms with Crippen LogP contribution in [0.5, 0.6) is 0 Å². The smallest absolute Gasteiger partial charge is 0.0688 e. The van der Waals surface area contributed by atoms with Gasteiger partial charge in [0.2, 0.25) is 0 Å². The van der Waals surface area contributed by atoms with Crippen LogP contribution in [0.15, 0.2) is 76.3 Å². The van der Waals surface area contributed by atoms with Crippen molar-refractivity contribution in [1.82, 2.24) is 0 Å². The van der Waals surface area contributed by atoms with Gasteiger partial charge in [-0.05, 0) is 74.6 Å². The number of fused-ring (bicyclic) bond motifs is 1. The van der Waals surface area contributed by atoms with Crippen LogP contribution < -0.4 is 0 Å². The summed E-state index contributed by atoms with van der Waals surface area (Å²) in [6, 6.07) is 17.6. The van der Waals surface area contributed by atoms with E-state index in [4.69, 9.17) is 4.99 Å². The van der Waals surface area contributed by atoms with Gasteiger partial charge < -0.3 is 0 Å². The highest BCUT2D eigenvalue weighted by Gasteiger charge is 2.23. The maximum absolute atomic E-state index is 5.00. The molecule has 29 heavy (non-hydrogen) atoms. The van der Waals surface area contributed by atoms with Crippen LogP contribution in [0.3, 0.4) is 0 Å². The van der Waals surface area contributed by atoms with E-state index in [1.165, 1.54) is 55.3 Å². The Morgan fingerprint density at radius 2 is 1.52 bits per heavy atom. The van der Waals surface area contributed by atoms with Gasteiger partial charge >= 0.3 is 0 Å². The number of aliphatic imine (C=N–C) groups is 1. The molecule has 4 rings (SSSR count). The number of nitrogens with zero attached hydrogens (tertiary/aromatic N) is 1. The fraction of sp³-hybridized carbons (Fsp3) is 0.250. The number of hydrogen-bond donors (Lipinski definition) is 0. The summed E-state index contributed by atoms with van der Waals surface area (Å²) in [7, 11) is 0. The monoisotopic (exact) mass is 379 g/mol. The average Bonchev–Trinajstić information content (AvgIpc) is 2.94. The second-order valence-corrected chi connectivity index (χ2v) is 8.43. The molecule has 0 saturated heterocycles. The lowest BCUT2D eigenvalue weighted by molar-refractivity contribution is 1.00. The van der Waals surface area contributed by atoms with Crippen LogP contribution in [0, 0.1) is 20.8 Å². The van der Waals surface area contributed by atoms with Gasteiger partial charge in [0.05, 0.1) is 5.69 Å². The molecule has 1 aliphatic rings. The normalized spacial score (nSPS) is 16.9. The summed E-state index contributed by atoms with van der Waals surface area (Å²) in [5.74, 6) is 0.321. The molecule has 0 N–H and O–H groups in total. The largest absolute Gasteiger partial charge is 0.256 e. The highest BCUT2D eigenvalue weighted by atomic mass is 14.7. The molecule has 0 spiro atoms. The third-order valence-electron chi connectivity index (χ3n) is 6.36. The number of benzene rings is 3. The lowest BCUT2D eigenvalue weighted by Crippen LogP contribution is -2.01. The lowest BCUT2D eigenvalue weighted by Gasteiger charge is -2.17. The summed E-state index contributed by atoms with van der Waals surface area (Å²) in [5, 5.41) is 2.52. The first-order valence-corrected chi connectivity index (χ1v) is 10.4. The number of aryl methyl sites for hydroxylation is 3. The molecular weight excluding hydrogens is 350 g/mol. The van der Waals surface area contributed by atoms with Crippen molar-refractivity contribution in [2.75, 3.05) is 0 Å². The molecule has 0 heterocycles. The number of allylic oxidation sites excluding steroid dienone is 4. The molecule has 146 valence electrons. The Bertz CT molecular complexity index is 1180. The molecule has 1 aliphatic carbocycles. The zero-order valence-corrected chi connectivity index (χ0v) is 18.3. The van der Waals surface area contributed by atoms with Gasteiger partial charge in [0.1, 0.15) is 0 Å².